The molecule has 0 aliphatic carbocycles. The van der Waals surface area contributed by atoms with Crippen LogP contribution in [0.2, 0.25) is 0 Å². The molecule has 0 N–H and O–H groups in total. The van der Waals surface area contributed by atoms with Crippen LogP contribution in [0.4, 0.5) is 0 Å². The molecule has 83 valence electrons. The van der Waals surface area contributed by atoms with E-state index >= 15 is 0 Å². The zero-order chi connectivity index (χ0) is 8.53. The molecule has 0 spiro atoms. The van der Waals surface area contributed by atoms with Crippen LogP contribution in [0.25, 0.3) is 0 Å². The summed E-state index contributed by atoms with van der Waals surface area (Å²) >= 11 is 0. The van der Waals surface area contributed by atoms with Crippen molar-refractivity contribution in [1.29, 1.82) is 0 Å². The summed E-state index contributed by atoms with van der Waals surface area (Å²) in [6.07, 6.45) is 1.14. The Balaban J connectivity index is -0.0000000758. The summed E-state index contributed by atoms with van der Waals surface area (Å²) in [5.41, 5.74) is 1.41. The number of hydrogen-bond acceptors (Lipinski definition) is 2. The molecule has 0 aliphatic rings. The van der Waals surface area contributed by atoms with Gasteiger partial charge in [0.1, 0.15) is 0 Å². The van der Waals surface area contributed by atoms with Crippen LogP contribution in [-0.2, 0) is 15.6 Å². The van der Waals surface area contributed by atoms with Gasteiger partial charge in [-0.3, -0.25) is 0 Å². The van der Waals surface area contributed by atoms with E-state index in [1.165, 1.54) is 5.56 Å². The average Bonchev–Trinajstić information content (AvgIpc) is 2.08. The molecule has 1 aromatic carbocycles. The van der Waals surface area contributed by atoms with Gasteiger partial charge in [0, 0.05) is 0 Å². The summed E-state index contributed by atoms with van der Waals surface area (Å²) in [6, 6.07) is 10.5. The molecule has 0 aliphatic heterocycles. The van der Waals surface area contributed by atoms with Gasteiger partial charge in [-0.2, -0.15) is 0 Å². The predicted molar refractivity (Wildman–Crippen MR) is 65.3 cm³/mol. The zero-order valence-electron chi connectivity index (χ0n) is 7.17. The second-order valence-corrected chi connectivity index (χ2v) is 2.06. The van der Waals surface area contributed by atoms with Crippen molar-refractivity contribution in [2.75, 3.05) is 0 Å². The van der Waals surface area contributed by atoms with Gasteiger partial charge < -0.3 is 0 Å². The Kier molecular flexibility index (Phi) is 31.3. The molecule has 0 aromatic heterocycles. The van der Waals surface area contributed by atoms with Crippen molar-refractivity contribution in [3.8, 4) is 0 Å². The Morgan fingerprint density at radius 3 is 1.64 bits per heavy atom. The van der Waals surface area contributed by atoms with Crippen LogP contribution < -0.4 is 0 Å². The van der Waals surface area contributed by atoms with Gasteiger partial charge in [-0.05, 0) is 12.0 Å². The predicted octanol–water partition coefficient (Wildman–Crippen LogP) is 4.35. The Morgan fingerprint density at radius 1 is 1.07 bits per heavy atom. The van der Waals surface area contributed by atoms with Gasteiger partial charge in [0.2, 0.25) is 0 Å². The van der Waals surface area contributed by atoms with Crippen molar-refractivity contribution >= 4 is 33.2 Å². The fraction of sp³-hybridized carbons (Fsp3) is 0.333. The van der Waals surface area contributed by atoms with Crippen molar-refractivity contribution in [3.05, 3.63) is 35.9 Å². The fourth-order valence-electron chi connectivity index (χ4n) is 0.714. The van der Waals surface area contributed by atoms with Gasteiger partial charge in [0.15, 0.2) is 0 Å². The molecule has 0 amide bonds. The molecule has 0 saturated carbocycles. The third-order valence-electron chi connectivity index (χ3n) is 1.25. The third kappa shape index (κ3) is 14.4. The van der Waals surface area contributed by atoms with E-state index in [-0.39, 0.29) is 32.2 Å². The molecule has 1 aromatic rings. The summed E-state index contributed by atoms with van der Waals surface area (Å²) < 4.78 is 16.7. The normalized spacial score (nSPS) is 5.79. The SMILES string of the molecule is C.CCc1ccccc1.Cl.Cl.O=[P]=O. The van der Waals surface area contributed by atoms with Gasteiger partial charge in [-0.25, -0.2) is 0 Å². The molecule has 5 heteroatoms. The van der Waals surface area contributed by atoms with Crippen LogP contribution in [0.15, 0.2) is 30.3 Å². The Morgan fingerprint density at radius 2 is 1.43 bits per heavy atom. The summed E-state index contributed by atoms with van der Waals surface area (Å²) in [6.45, 7) is 2.16. The van der Waals surface area contributed by atoms with Gasteiger partial charge >= 0.3 is 17.5 Å². The molecular weight excluding hydrogens is 242 g/mol. The van der Waals surface area contributed by atoms with Crippen molar-refractivity contribution in [1.82, 2.24) is 0 Å². The Labute approximate surface area is 99.2 Å². The molecule has 1 radical (unpaired) electrons. The minimum absolute atomic E-state index is 0. The van der Waals surface area contributed by atoms with Crippen LogP contribution >= 0.6 is 33.2 Å². The number of rotatable bonds is 1. The maximum atomic E-state index is 8.35. The first-order chi connectivity index (χ1) is 5.35. The number of hydrogen-bond donors (Lipinski definition) is 0. The van der Waals surface area contributed by atoms with Crippen molar-refractivity contribution in [3.63, 3.8) is 0 Å². The van der Waals surface area contributed by atoms with Crippen molar-refractivity contribution in [2.24, 2.45) is 0 Å². The molecule has 0 fully saturated rings. The molecule has 14 heavy (non-hydrogen) atoms. The average molecular weight is 258 g/mol. The van der Waals surface area contributed by atoms with E-state index in [2.05, 4.69) is 31.2 Å². The first-order valence-corrected chi connectivity index (χ1v) is 4.07. The van der Waals surface area contributed by atoms with Gasteiger partial charge in [-0.15, -0.1) is 24.8 Å². The van der Waals surface area contributed by atoms with E-state index in [9.17, 15) is 0 Å². The van der Waals surface area contributed by atoms with E-state index in [4.69, 9.17) is 9.13 Å². The fourth-order valence-corrected chi connectivity index (χ4v) is 0.714. The summed E-state index contributed by atoms with van der Waals surface area (Å²) in [5, 5.41) is 0. The number of halogens is 2. The standard InChI is InChI=1S/C8H10.CH4.2ClH.O2P/c1-2-8-6-4-3-5-7-8;;;;1-3-2/h3-7H,2H2,1H3;1H4;2*1H;. The quantitative estimate of drug-likeness (QED) is 0.701. The molecular formula is C9H16Cl2O2P. The van der Waals surface area contributed by atoms with E-state index in [0.717, 1.165) is 6.42 Å². The molecule has 0 saturated heterocycles. The number of benzene rings is 1. The third-order valence-corrected chi connectivity index (χ3v) is 1.25. The van der Waals surface area contributed by atoms with Crippen LogP contribution in [0, 0.1) is 0 Å². The van der Waals surface area contributed by atoms with E-state index < -0.39 is 8.34 Å². The Hall–Kier alpha value is -0.170. The molecule has 1 rings (SSSR count). The second kappa shape index (κ2) is 18.6. The molecule has 0 heterocycles. The molecule has 0 unspecified atom stereocenters. The Bertz CT molecular complexity index is 224. The minimum atomic E-state index is -1.08. The first kappa shape index (κ1) is 23.6. The van der Waals surface area contributed by atoms with Crippen LogP contribution in [0.3, 0.4) is 0 Å². The summed E-state index contributed by atoms with van der Waals surface area (Å²) in [7, 11) is -1.08. The van der Waals surface area contributed by atoms with Gasteiger partial charge in [0.25, 0.3) is 0 Å². The molecule has 0 atom stereocenters. The summed E-state index contributed by atoms with van der Waals surface area (Å²) in [4.78, 5) is 0. The number of aryl methyl sites for hydroxylation is 1. The topological polar surface area (TPSA) is 34.1 Å². The van der Waals surface area contributed by atoms with E-state index in [0.29, 0.717) is 0 Å². The van der Waals surface area contributed by atoms with Crippen molar-refractivity contribution < 1.29 is 9.13 Å². The van der Waals surface area contributed by atoms with E-state index in [1.54, 1.807) is 0 Å². The van der Waals surface area contributed by atoms with Crippen LogP contribution in [0.5, 0.6) is 0 Å². The van der Waals surface area contributed by atoms with Crippen molar-refractivity contribution in [2.45, 2.75) is 20.8 Å². The van der Waals surface area contributed by atoms with Gasteiger partial charge in [0.05, 0.1) is 0 Å². The monoisotopic (exact) mass is 257 g/mol. The van der Waals surface area contributed by atoms with E-state index in [1.807, 2.05) is 6.07 Å². The van der Waals surface area contributed by atoms with Crippen LogP contribution in [0.1, 0.15) is 19.9 Å². The molecule has 2 nitrogen and oxygen atoms in total. The zero-order valence-corrected chi connectivity index (χ0v) is 9.70. The second-order valence-electron chi connectivity index (χ2n) is 1.91. The maximum absolute atomic E-state index is 8.35. The van der Waals surface area contributed by atoms with Gasteiger partial charge in [-0.1, -0.05) is 44.7 Å². The molecule has 0 bridgehead atoms. The first-order valence-electron chi connectivity index (χ1n) is 3.34. The van der Waals surface area contributed by atoms with Crippen LogP contribution in [-0.4, -0.2) is 0 Å². The summed E-state index contributed by atoms with van der Waals surface area (Å²) in [5.74, 6) is 0.